The molecule has 5 nitrogen and oxygen atoms in total. The van der Waals surface area contributed by atoms with Crippen molar-refractivity contribution < 1.29 is 9.53 Å². The lowest BCUT2D eigenvalue weighted by Gasteiger charge is -2.25. The molecule has 0 radical (unpaired) electrons. The summed E-state index contributed by atoms with van der Waals surface area (Å²) in [7, 11) is 1.72. The van der Waals surface area contributed by atoms with Crippen LogP contribution in [0.3, 0.4) is 0 Å². The smallest absolute Gasteiger partial charge is 0.263 e. The highest BCUT2D eigenvalue weighted by Gasteiger charge is 2.21. The Morgan fingerprint density at radius 1 is 1.36 bits per heavy atom. The summed E-state index contributed by atoms with van der Waals surface area (Å²) < 4.78 is 7.32. The van der Waals surface area contributed by atoms with E-state index in [1.165, 1.54) is 0 Å². The van der Waals surface area contributed by atoms with Gasteiger partial charge in [-0.3, -0.25) is 9.59 Å². The van der Waals surface area contributed by atoms with Crippen LogP contribution in [0.2, 0.25) is 0 Å². The molecular weight excluding hydrogens is 316 g/mol. The Balaban J connectivity index is 1.69. The van der Waals surface area contributed by atoms with Crippen LogP contribution < -0.4 is 15.6 Å². The monoisotopic (exact) mass is 340 g/mol. The maximum atomic E-state index is 12.5. The van der Waals surface area contributed by atoms with Crippen LogP contribution in [-0.4, -0.2) is 23.6 Å². The number of benzene rings is 1. The topological polar surface area (TPSA) is 60.3 Å². The zero-order chi connectivity index (χ0) is 18.0. The first-order valence-corrected chi connectivity index (χ1v) is 8.69. The molecule has 25 heavy (non-hydrogen) atoms. The van der Waals surface area contributed by atoms with Gasteiger partial charge in [-0.15, -0.1) is 0 Å². The van der Waals surface area contributed by atoms with Crippen LogP contribution in [0.15, 0.2) is 35.1 Å². The van der Waals surface area contributed by atoms with Crippen LogP contribution >= 0.6 is 0 Å². The molecule has 0 fully saturated rings. The van der Waals surface area contributed by atoms with Gasteiger partial charge in [-0.1, -0.05) is 25.1 Å². The molecule has 1 amide bonds. The van der Waals surface area contributed by atoms with Crippen molar-refractivity contribution in [3.05, 3.63) is 63.1 Å². The average molecular weight is 340 g/mol. The maximum absolute atomic E-state index is 12.5. The van der Waals surface area contributed by atoms with Gasteiger partial charge in [0.25, 0.3) is 11.5 Å². The molecule has 2 heterocycles. The Labute approximate surface area is 147 Å². The zero-order valence-corrected chi connectivity index (χ0v) is 15.0. The molecule has 1 atom stereocenters. The number of pyridine rings is 1. The molecule has 2 aromatic rings. The van der Waals surface area contributed by atoms with Gasteiger partial charge in [0, 0.05) is 25.2 Å². The van der Waals surface area contributed by atoms with Crippen molar-refractivity contribution >= 4 is 5.91 Å². The molecule has 1 N–H and O–H groups in total. The fourth-order valence-corrected chi connectivity index (χ4v) is 3.46. The quantitative estimate of drug-likeness (QED) is 0.928. The van der Waals surface area contributed by atoms with Crippen molar-refractivity contribution in [1.29, 1.82) is 0 Å². The standard InChI is InChI=1S/C20H24N2O3/c1-4-17-13(2)9-16(20(24)22(17)3)19(23)21-11-14-10-15-7-5-6-8-18(15)25-12-14/h5-9,14H,4,10-12H2,1-3H3,(H,21,23)/t14-/m1/s1. The first-order valence-electron chi connectivity index (χ1n) is 8.69. The van der Waals surface area contributed by atoms with Crippen LogP contribution in [0.4, 0.5) is 0 Å². The summed E-state index contributed by atoms with van der Waals surface area (Å²) in [5.41, 5.74) is 3.04. The minimum atomic E-state index is -0.315. The Kier molecular flexibility index (Phi) is 4.93. The molecule has 132 valence electrons. The maximum Gasteiger partial charge on any atom is 0.263 e. The summed E-state index contributed by atoms with van der Waals surface area (Å²) >= 11 is 0. The number of rotatable bonds is 4. The normalized spacial score (nSPS) is 16.0. The van der Waals surface area contributed by atoms with Gasteiger partial charge < -0.3 is 14.6 Å². The molecule has 0 saturated carbocycles. The van der Waals surface area contributed by atoms with E-state index in [2.05, 4.69) is 5.32 Å². The molecule has 5 heteroatoms. The van der Waals surface area contributed by atoms with Crippen molar-refractivity contribution in [2.24, 2.45) is 13.0 Å². The third-order valence-corrected chi connectivity index (χ3v) is 4.84. The van der Waals surface area contributed by atoms with E-state index in [1.807, 2.05) is 38.1 Å². The van der Waals surface area contributed by atoms with E-state index in [1.54, 1.807) is 17.7 Å². The second kappa shape index (κ2) is 7.13. The molecule has 0 unspecified atom stereocenters. The Morgan fingerprint density at radius 2 is 2.12 bits per heavy atom. The van der Waals surface area contributed by atoms with E-state index in [4.69, 9.17) is 4.74 Å². The summed E-state index contributed by atoms with van der Waals surface area (Å²) in [6.07, 6.45) is 1.63. The van der Waals surface area contributed by atoms with E-state index in [9.17, 15) is 9.59 Å². The zero-order valence-electron chi connectivity index (χ0n) is 15.0. The second-order valence-electron chi connectivity index (χ2n) is 6.60. The number of amides is 1. The number of nitrogens with one attached hydrogen (secondary N) is 1. The fraction of sp³-hybridized carbons (Fsp3) is 0.400. The highest BCUT2D eigenvalue weighted by Crippen LogP contribution is 2.26. The van der Waals surface area contributed by atoms with E-state index in [-0.39, 0.29) is 22.9 Å². The average Bonchev–Trinajstić information content (AvgIpc) is 2.63. The van der Waals surface area contributed by atoms with Gasteiger partial charge in [0.1, 0.15) is 11.3 Å². The van der Waals surface area contributed by atoms with Crippen LogP contribution in [-0.2, 0) is 19.9 Å². The van der Waals surface area contributed by atoms with Crippen molar-refractivity contribution in [3.8, 4) is 5.75 Å². The molecule has 0 saturated heterocycles. The Morgan fingerprint density at radius 3 is 2.88 bits per heavy atom. The van der Waals surface area contributed by atoms with Gasteiger partial charge in [-0.05, 0) is 43.0 Å². The van der Waals surface area contributed by atoms with Gasteiger partial charge >= 0.3 is 0 Å². The molecule has 0 aliphatic carbocycles. The summed E-state index contributed by atoms with van der Waals surface area (Å²) in [5, 5.41) is 2.90. The first-order chi connectivity index (χ1) is 12.0. The molecular formula is C20H24N2O3. The number of hydrogen-bond acceptors (Lipinski definition) is 3. The number of para-hydroxylation sites is 1. The third kappa shape index (κ3) is 3.45. The van der Waals surface area contributed by atoms with Gasteiger partial charge in [0.05, 0.1) is 6.61 Å². The predicted octanol–water partition coefficient (Wildman–Crippen LogP) is 2.24. The number of aromatic nitrogens is 1. The van der Waals surface area contributed by atoms with Gasteiger partial charge in [0.15, 0.2) is 0 Å². The van der Waals surface area contributed by atoms with E-state index in [0.717, 1.165) is 35.4 Å². The van der Waals surface area contributed by atoms with Crippen LogP contribution in [0.5, 0.6) is 5.75 Å². The van der Waals surface area contributed by atoms with Crippen molar-refractivity contribution in [1.82, 2.24) is 9.88 Å². The van der Waals surface area contributed by atoms with Crippen molar-refractivity contribution in [3.63, 3.8) is 0 Å². The molecule has 3 rings (SSSR count). The van der Waals surface area contributed by atoms with Gasteiger partial charge in [0.2, 0.25) is 0 Å². The molecule has 0 spiro atoms. The van der Waals surface area contributed by atoms with Crippen LogP contribution in [0.1, 0.15) is 34.1 Å². The number of aryl methyl sites for hydroxylation is 1. The number of carbonyl (C=O) groups excluding carboxylic acids is 1. The van der Waals surface area contributed by atoms with Crippen LogP contribution in [0.25, 0.3) is 0 Å². The first kappa shape index (κ1) is 17.3. The molecule has 1 aliphatic heterocycles. The summed E-state index contributed by atoms with van der Waals surface area (Å²) in [5.74, 6) is 0.814. The lowest BCUT2D eigenvalue weighted by Crippen LogP contribution is -2.38. The summed E-state index contributed by atoms with van der Waals surface area (Å²) in [6, 6.07) is 9.66. The number of hydrogen-bond donors (Lipinski definition) is 1. The van der Waals surface area contributed by atoms with Gasteiger partial charge in [-0.25, -0.2) is 0 Å². The summed E-state index contributed by atoms with van der Waals surface area (Å²) in [4.78, 5) is 24.9. The summed E-state index contributed by atoms with van der Waals surface area (Å²) in [6.45, 7) is 5.00. The highest BCUT2D eigenvalue weighted by atomic mass is 16.5. The Bertz CT molecular complexity index is 855. The minimum absolute atomic E-state index is 0.203. The fourth-order valence-electron chi connectivity index (χ4n) is 3.46. The van der Waals surface area contributed by atoms with Crippen LogP contribution in [0, 0.1) is 12.8 Å². The number of fused-ring (bicyclic) bond motifs is 1. The largest absolute Gasteiger partial charge is 0.493 e. The molecule has 0 bridgehead atoms. The number of carbonyl (C=O) groups is 1. The predicted molar refractivity (Wildman–Crippen MR) is 97.3 cm³/mol. The highest BCUT2D eigenvalue weighted by molar-refractivity contribution is 5.94. The SMILES string of the molecule is CCc1c(C)cc(C(=O)NC[C@@H]2COc3ccccc3C2)c(=O)n1C. The number of ether oxygens (including phenoxy) is 1. The molecule has 1 aliphatic rings. The van der Waals surface area contributed by atoms with E-state index >= 15 is 0 Å². The Hall–Kier alpha value is -2.56. The van der Waals surface area contributed by atoms with E-state index < -0.39 is 0 Å². The lowest BCUT2D eigenvalue weighted by molar-refractivity contribution is 0.0937. The van der Waals surface area contributed by atoms with Crippen molar-refractivity contribution in [2.45, 2.75) is 26.7 Å². The second-order valence-corrected chi connectivity index (χ2v) is 6.60. The minimum Gasteiger partial charge on any atom is -0.493 e. The number of nitrogens with zero attached hydrogens (tertiary/aromatic N) is 1. The lowest BCUT2D eigenvalue weighted by atomic mass is 9.96. The van der Waals surface area contributed by atoms with E-state index in [0.29, 0.717) is 13.2 Å². The van der Waals surface area contributed by atoms with Crippen molar-refractivity contribution in [2.75, 3.05) is 13.2 Å². The molecule has 1 aromatic carbocycles. The van der Waals surface area contributed by atoms with Gasteiger partial charge in [-0.2, -0.15) is 0 Å². The third-order valence-electron chi connectivity index (χ3n) is 4.84. The molecule has 1 aromatic heterocycles.